The maximum Gasteiger partial charge on any atom is 0.228 e. The third-order valence-electron chi connectivity index (χ3n) is 2.55. The molecule has 1 amide bonds. The summed E-state index contributed by atoms with van der Waals surface area (Å²) >= 11 is 1.45. The van der Waals surface area contributed by atoms with E-state index in [1.165, 1.54) is 11.3 Å². The summed E-state index contributed by atoms with van der Waals surface area (Å²) < 4.78 is 6.11. The van der Waals surface area contributed by atoms with E-state index in [1.54, 1.807) is 7.11 Å². The zero-order valence-electron chi connectivity index (χ0n) is 10.5. The summed E-state index contributed by atoms with van der Waals surface area (Å²) in [5, 5.41) is 3.37. The monoisotopic (exact) mass is 301 g/mol. The molecule has 0 aliphatic heterocycles. The minimum atomic E-state index is -0.251. The van der Waals surface area contributed by atoms with Crippen LogP contribution in [0.4, 0.5) is 5.13 Å². The van der Waals surface area contributed by atoms with E-state index in [1.807, 2.05) is 24.3 Å². The van der Waals surface area contributed by atoms with Crippen molar-refractivity contribution in [2.75, 3.05) is 19.0 Å². The summed E-state index contributed by atoms with van der Waals surface area (Å²) in [6.07, 6.45) is -0.0116. The van der Waals surface area contributed by atoms with Crippen molar-refractivity contribution in [1.82, 2.24) is 4.98 Å². The van der Waals surface area contributed by atoms with Crippen LogP contribution in [0.15, 0.2) is 24.3 Å². The first-order valence-corrected chi connectivity index (χ1v) is 6.43. The lowest BCUT2D eigenvalue weighted by atomic mass is 10.2. The Labute approximate surface area is 121 Å². The van der Waals surface area contributed by atoms with Gasteiger partial charge in [0.25, 0.3) is 0 Å². The molecular weight excluding hydrogens is 286 g/mol. The zero-order chi connectivity index (χ0) is 13.0. The molecule has 1 heterocycles. The standard InChI is InChI=1S/C12H15N3O2S.ClH/c1-17-8(7-13)6-11(16)15-12-14-9-4-2-3-5-10(9)18-12;/h2-5,8H,6-7,13H2,1H3,(H,14,15,16);1H. The van der Waals surface area contributed by atoms with E-state index >= 15 is 0 Å². The summed E-state index contributed by atoms with van der Waals surface area (Å²) in [7, 11) is 1.54. The first-order valence-electron chi connectivity index (χ1n) is 5.61. The van der Waals surface area contributed by atoms with E-state index in [9.17, 15) is 4.79 Å². The van der Waals surface area contributed by atoms with Crippen LogP contribution in [0.25, 0.3) is 10.2 Å². The van der Waals surface area contributed by atoms with Crippen LogP contribution in [-0.2, 0) is 9.53 Å². The van der Waals surface area contributed by atoms with E-state index < -0.39 is 0 Å². The number of hydrogen-bond acceptors (Lipinski definition) is 5. The normalized spacial score (nSPS) is 11.9. The molecule has 0 saturated heterocycles. The number of anilines is 1. The molecule has 1 aromatic heterocycles. The Hall–Kier alpha value is -1.21. The van der Waals surface area contributed by atoms with Crippen molar-refractivity contribution >= 4 is 45.0 Å². The Balaban J connectivity index is 0.00000180. The number of nitrogens with two attached hydrogens (primary N) is 1. The molecule has 5 nitrogen and oxygen atoms in total. The van der Waals surface area contributed by atoms with E-state index in [0.29, 0.717) is 11.7 Å². The lowest BCUT2D eigenvalue weighted by Gasteiger charge is -2.11. The van der Waals surface area contributed by atoms with Crippen molar-refractivity contribution in [2.45, 2.75) is 12.5 Å². The largest absolute Gasteiger partial charge is 0.380 e. The van der Waals surface area contributed by atoms with Gasteiger partial charge in [-0.1, -0.05) is 23.5 Å². The first kappa shape index (κ1) is 15.8. The molecule has 7 heteroatoms. The Bertz CT molecular complexity index is 510. The number of methoxy groups -OCH3 is 1. The lowest BCUT2D eigenvalue weighted by Crippen LogP contribution is -2.28. The lowest BCUT2D eigenvalue weighted by molar-refractivity contribution is -0.118. The van der Waals surface area contributed by atoms with Gasteiger partial charge in [0.1, 0.15) is 0 Å². The third kappa shape index (κ3) is 4.14. The molecule has 0 spiro atoms. The highest BCUT2D eigenvalue weighted by Crippen LogP contribution is 2.25. The Morgan fingerprint density at radius 2 is 2.26 bits per heavy atom. The molecule has 19 heavy (non-hydrogen) atoms. The Kier molecular flexibility index (Phi) is 6.17. The molecule has 0 bridgehead atoms. The molecule has 3 N–H and O–H groups in total. The van der Waals surface area contributed by atoms with Gasteiger partial charge in [-0.05, 0) is 12.1 Å². The fourth-order valence-corrected chi connectivity index (χ4v) is 2.45. The highest BCUT2D eigenvalue weighted by Gasteiger charge is 2.13. The van der Waals surface area contributed by atoms with E-state index in [2.05, 4.69) is 10.3 Å². The number of fused-ring (bicyclic) bond motifs is 1. The van der Waals surface area contributed by atoms with Crippen molar-refractivity contribution in [3.05, 3.63) is 24.3 Å². The minimum absolute atomic E-state index is 0. The van der Waals surface area contributed by atoms with Crippen LogP contribution in [0.3, 0.4) is 0 Å². The highest BCUT2D eigenvalue weighted by molar-refractivity contribution is 7.22. The van der Waals surface area contributed by atoms with Crippen molar-refractivity contribution in [2.24, 2.45) is 5.73 Å². The molecule has 104 valence electrons. The fraction of sp³-hybridized carbons (Fsp3) is 0.333. The number of benzene rings is 1. The molecule has 1 aromatic carbocycles. The van der Waals surface area contributed by atoms with Crippen LogP contribution in [0.1, 0.15) is 6.42 Å². The number of hydrogen-bond donors (Lipinski definition) is 2. The van der Waals surface area contributed by atoms with Crippen LogP contribution in [0.5, 0.6) is 0 Å². The molecule has 0 aliphatic rings. The highest BCUT2D eigenvalue weighted by atomic mass is 35.5. The fourth-order valence-electron chi connectivity index (χ4n) is 1.57. The average molecular weight is 302 g/mol. The van der Waals surface area contributed by atoms with Gasteiger partial charge in [0, 0.05) is 13.7 Å². The topological polar surface area (TPSA) is 77.2 Å². The second-order valence-electron chi connectivity index (χ2n) is 3.83. The molecule has 0 fully saturated rings. The summed E-state index contributed by atoms with van der Waals surface area (Å²) in [4.78, 5) is 16.1. The smallest absolute Gasteiger partial charge is 0.228 e. The predicted molar refractivity (Wildman–Crippen MR) is 80.0 cm³/mol. The zero-order valence-corrected chi connectivity index (χ0v) is 12.1. The van der Waals surface area contributed by atoms with Gasteiger partial charge < -0.3 is 15.8 Å². The van der Waals surface area contributed by atoms with Crippen LogP contribution in [0, 0.1) is 0 Å². The number of carbonyl (C=O) groups excluding carboxylic acids is 1. The quantitative estimate of drug-likeness (QED) is 0.886. The number of ether oxygens (including phenoxy) is 1. The summed E-state index contributed by atoms with van der Waals surface area (Å²) in [5.41, 5.74) is 6.36. The minimum Gasteiger partial charge on any atom is -0.380 e. The van der Waals surface area contributed by atoms with E-state index in [4.69, 9.17) is 10.5 Å². The van der Waals surface area contributed by atoms with Gasteiger partial charge in [0.2, 0.25) is 5.91 Å². The Morgan fingerprint density at radius 1 is 1.53 bits per heavy atom. The molecule has 2 rings (SSSR count). The van der Waals surface area contributed by atoms with Gasteiger partial charge in [-0.2, -0.15) is 0 Å². The average Bonchev–Trinajstić information content (AvgIpc) is 2.77. The number of thiazole rings is 1. The van der Waals surface area contributed by atoms with Gasteiger partial charge >= 0.3 is 0 Å². The summed E-state index contributed by atoms with van der Waals surface area (Å²) in [6, 6.07) is 7.75. The van der Waals surface area contributed by atoms with Crippen molar-refractivity contribution in [1.29, 1.82) is 0 Å². The van der Waals surface area contributed by atoms with E-state index in [-0.39, 0.29) is 30.8 Å². The maximum absolute atomic E-state index is 11.7. The van der Waals surface area contributed by atoms with Gasteiger partial charge in [-0.15, -0.1) is 12.4 Å². The summed E-state index contributed by atoms with van der Waals surface area (Å²) in [5.74, 6) is -0.133. The third-order valence-corrected chi connectivity index (χ3v) is 3.50. The van der Waals surface area contributed by atoms with Crippen molar-refractivity contribution in [3.8, 4) is 0 Å². The molecular formula is C12H16ClN3O2S. The van der Waals surface area contributed by atoms with Gasteiger partial charge in [-0.25, -0.2) is 4.98 Å². The first-order chi connectivity index (χ1) is 8.72. The number of carbonyl (C=O) groups is 1. The molecule has 0 saturated carbocycles. The van der Waals surface area contributed by atoms with Crippen LogP contribution >= 0.6 is 23.7 Å². The molecule has 1 unspecified atom stereocenters. The number of nitrogens with one attached hydrogen (secondary N) is 1. The molecule has 2 aromatic rings. The number of aromatic nitrogens is 1. The van der Waals surface area contributed by atoms with E-state index in [0.717, 1.165) is 10.2 Å². The molecule has 0 aliphatic carbocycles. The van der Waals surface area contributed by atoms with Crippen LogP contribution < -0.4 is 11.1 Å². The Morgan fingerprint density at radius 3 is 2.89 bits per heavy atom. The second-order valence-corrected chi connectivity index (χ2v) is 4.86. The number of halogens is 1. The number of amides is 1. The SMILES string of the molecule is COC(CN)CC(=O)Nc1nc2ccccc2s1.Cl. The summed E-state index contributed by atoms with van der Waals surface area (Å²) in [6.45, 7) is 0.323. The predicted octanol–water partition coefficient (Wildman–Crippen LogP) is 2.02. The number of nitrogens with zero attached hydrogens (tertiary/aromatic N) is 1. The van der Waals surface area contributed by atoms with Crippen LogP contribution in [-0.4, -0.2) is 30.6 Å². The molecule has 1 atom stereocenters. The van der Waals surface area contributed by atoms with Gasteiger partial charge in [0.15, 0.2) is 5.13 Å². The van der Waals surface area contributed by atoms with Gasteiger partial charge in [0.05, 0.1) is 22.7 Å². The van der Waals surface area contributed by atoms with Crippen molar-refractivity contribution in [3.63, 3.8) is 0 Å². The van der Waals surface area contributed by atoms with Gasteiger partial charge in [-0.3, -0.25) is 4.79 Å². The number of para-hydroxylation sites is 1. The molecule has 0 radical (unpaired) electrons. The maximum atomic E-state index is 11.7. The number of rotatable bonds is 5. The van der Waals surface area contributed by atoms with Crippen LogP contribution in [0.2, 0.25) is 0 Å². The second kappa shape index (κ2) is 7.40. The van der Waals surface area contributed by atoms with Crippen molar-refractivity contribution < 1.29 is 9.53 Å².